The molecule has 2 rings (SSSR count). The zero-order chi connectivity index (χ0) is 15.6. The first-order valence-electron chi connectivity index (χ1n) is 6.57. The molecule has 112 valence electrons. The number of aryl methyl sites for hydroxylation is 1. The fourth-order valence-electron chi connectivity index (χ4n) is 2.13. The van der Waals surface area contributed by atoms with Gasteiger partial charge >= 0.3 is 0 Å². The largest absolute Gasteiger partial charge is 0.494 e. The molecule has 0 spiro atoms. The molecule has 0 amide bonds. The van der Waals surface area contributed by atoms with E-state index in [4.69, 9.17) is 10.5 Å². The lowest BCUT2D eigenvalue weighted by Crippen LogP contribution is -2.15. The first-order valence-corrected chi connectivity index (χ1v) is 6.57. The van der Waals surface area contributed by atoms with E-state index in [2.05, 4.69) is 0 Å². The lowest BCUT2D eigenvalue weighted by atomic mass is 9.97. The Kier molecular flexibility index (Phi) is 4.53. The van der Waals surface area contributed by atoms with Gasteiger partial charge in [0, 0.05) is 5.56 Å². The molecule has 0 aliphatic rings. The smallest absolute Gasteiger partial charge is 0.194 e. The number of ether oxygens (including phenoxy) is 1. The molecule has 0 bridgehead atoms. The minimum Gasteiger partial charge on any atom is -0.494 e. The normalized spacial score (nSPS) is 12.3. The minimum absolute atomic E-state index is 0.151. The monoisotopic (exact) mass is 295 g/mol. The summed E-state index contributed by atoms with van der Waals surface area (Å²) in [6.07, 6.45) is 0. The van der Waals surface area contributed by atoms with Crippen molar-refractivity contribution in [3.05, 3.63) is 64.5 Å². The Morgan fingerprint density at radius 2 is 1.71 bits per heavy atom. The Balaban J connectivity index is 2.48. The predicted octanol–water partition coefficient (Wildman–Crippen LogP) is 3.86. The Morgan fingerprint density at radius 1 is 1.10 bits per heavy atom. The number of halogens is 3. The third-order valence-electron chi connectivity index (χ3n) is 3.17. The highest BCUT2D eigenvalue weighted by atomic mass is 19.2. The van der Waals surface area contributed by atoms with Gasteiger partial charge in [-0.1, -0.05) is 17.7 Å². The molecule has 2 N–H and O–H groups in total. The molecule has 21 heavy (non-hydrogen) atoms. The molecular weight excluding hydrogens is 279 g/mol. The Hall–Kier alpha value is -2.01. The number of hydrogen-bond donors (Lipinski definition) is 1. The van der Waals surface area contributed by atoms with Gasteiger partial charge in [-0.05, 0) is 37.6 Å². The van der Waals surface area contributed by atoms with E-state index in [1.54, 1.807) is 12.1 Å². The summed E-state index contributed by atoms with van der Waals surface area (Å²) in [6, 6.07) is 6.39. The van der Waals surface area contributed by atoms with Gasteiger partial charge in [-0.15, -0.1) is 0 Å². The maximum atomic E-state index is 13.3. The van der Waals surface area contributed by atoms with E-state index in [1.165, 1.54) is 0 Å². The van der Waals surface area contributed by atoms with Crippen molar-refractivity contribution in [3.8, 4) is 5.75 Å². The fourth-order valence-corrected chi connectivity index (χ4v) is 2.13. The zero-order valence-electron chi connectivity index (χ0n) is 11.8. The maximum Gasteiger partial charge on any atom is 0.194 e. The number of benzene rings is 2. The third kappa shape index (κ3) is 3.19. The third-order valence-corrected chi connectivity index (χ3v) is 3.17. The van der Waals surface area contributed by atoms with Crippen LogP contribution in [0.2, 0.25) is 0 Å². The first kappa shape index (κ1) is 15.4. The average Bonchev–Trinajstić information content (AvgIpc) is 2.45. The quantitative estimate of drug-likeness (QED) is 0.869. The van der Waals surface area contributed by atoms with Gasteiger partial charge in [-0.3, -0.25) is 0 Å². The summed E-state index contributed by atoms with van der Waals surface area (Å²) < 4.78 is 45.2. The second kappa shape index (κ2) is 6.18. The summed E-state index contributed by atoms with van der Waals surface area (Å²) in [6.45, 7) is 4.14. The molecule has 0 aliphatic heterocycles. The standard InChI is InChI=1S/C16H16F3NO/c1-3-21-14-5-4-9(2)6-11(14)16(20)10-7-12(17)15(19)13(18)8-10/h4-8,16H,3,20H2,1-2H3. The molecule has 2 aromatic rings. The van der Waals surface area contributed by atoms with E-state index < -0.39 is 23.5 Å². The zero-order valence-corrected chi connectivity index (χ0v) is 11.8. The maximum absolute atomic E-state index is 13.3. The van der Waals surface area contributed by atoms with E-state index in [0.29, 0.717) is 17.9 Å². The van der Waals surface area contributed by atoms with E-state index in [-0.39, 0.29) is 5.56 Å². The van der Waals surface area contributed by atoms with Crippen LogP contribution in [0.5, 0.6) is 5.75 Å². The van der Waals surface area contributed by atoms with Gasteiger partial charge < -0.3 is 10.5 Å². The molecule has 0 aliphatic carbocycles. The number of nitrogens with two attached hydrogens (primary N) is 1. The summed E-state index contributed by atoms with van der Waals surface area (Å²) in [7, 11) is 0. The van der Waals surface area contributed by atoms with Crippen molar-refractivity contribution < 1.29 is 17.9 Å². The van der Waals surface area contributed by atoms with Crippen molar-refractivity contribution in [2.45, 2.75) is 19.9 Å². The topological polar surface area (TPSA) is 35.2 Å². The average molecular weight is 295 g/mol. The van der Waals surface area contributed by atoms with Crippen LogP contribution in [0.4, 0.5) is 13.2 Å². The Morgan fingerprint density at radius 3 is 2.29 bits per heavy atom. The van der Waals surface area contributed by atoms with Crippen molar-refractivity contribution in [3.63, 3.8) is 0 Å². The van der Waals surface area contributed by atoms with Gasteiger partial charge in [0.15, 0.2) is 17.5 Å². The lowest BCUT2D eigenvalue weighted by Gasteiger charge is -2.18. The summed E-state index contributed by atoms with van der Waals surface area (Å²) >= 11 is 0. The summed E-state index contributed by atoms with van der Waals surface area (Å²) in [4.78, 5) is 0. The van der Waals surface area contributed by atoms with Crippen LogP contribution in [0, 0.1) is 24.4 Å². The molecule has 0 saturated carbocycles. The second-order valence-electron chi connectivity index (χ2n) is 4.75. The molecule has 2 nitrogen and oxygen atoms in total. The van der Waals surface area contributed by atoms with Crippen molar-refractivity contribution in [2.75, 3.05) is 6.61 Å². The van der Waals surface area contributed by atoms with E-state index in [0.717, 1.165) is 17.7 Å². The molecule has 0 heterocycles. The molecule has 0 saturated heterocycles. The van der Waals surface area contributed by atoms with Gasteiger partial charge in [-0.25, -0.2) is 13.2 Å². The van der Waals surface area contributed by atoms with Gasteiger partial charge in [0.1, 0.15) is 5.75 Å². The highest BCUT2D eigenvalue weighted by Gasteiger charge is 2.19. The van der Waals surface area contributed by atoms with Crippen molar-refractivity contribution in [2.24, 2.45) is 5.73 Å². The molecule has 0 fully saturated rings. The summed E-state index contributed by atoms with van der Waals surface area (Å²) in [5, 5.41) is 0. The van der Waals surface area contributed by atoms with Crippen molar-refractivity contribution >= 4 is 0 Å². The van der Waals surface area contributed by atoms with Crippen LogP contribution >= 0.6 is 0 Å². The molecule has 1 atom stereocenters. The SMILES string of the molecule is CCOc1ccc(C)cc1C(N)c1cc(F)c(F)c(F)c1. The van der Waals surface area contributed by atoms with Gasteiger partial charge in [0.25, 0.3) is 0 Å². The molecule has 0 aromatic heterocycles. The molecule has 2 aromatic carbocycles. The van der Waals surface area contributed by atoms with Crippen LogP contribution < -0.4 is 10.5 Å². The van der Waals surface area contributed by atoms with Crippen LogP contribution in [0.3, 0.4) is 0 Å². The number of rotatable bonds is 4. The second-order valence-corrected chi connectivity index (χ2v) is 4.75. The van der Waals surface area contributed by atoms with E-state index in [1.807, 2.05) is 19.9 Å². The Labute approximate surface area is 121 Å². The highest BCUT2D eigenvalue weighted by Crippen LogP contribution is 2.30. The van der Waals surface area contributed by atoms with Crippen LogP contribution in [0.25, 0.3) is 0 Å². The van der Waals surface area contributed by atoms with E-state index in [9.17, 15) is 13.2 Å². The predicted molar refractivity (Wildman–Crippen MR) is 74.7 cm³/mol. The highest BCUT2D eigenvalue weighted by molar-refractivity contribution is 5.43. The molecule has 0 radical (unpaired) electrons. The van der Waals surface area contributed by atoms with Gasteiger partial charge in [0.05, 0.1) is 12.6 Å². The van der Waals surface area contributed by atoms with Gasteiger partial charge in [-0.2, -0.15) is 0 Å². The van der Waals surface area contributed by atoms with Crippen LogP contribution in [-0.2, 0) is 0 Å². The molecule has 1 unspecified atom stereocenters. The fraction of sp³-hybridized carbons (Fsp3) is 0.250. The molecule has 5 heteroatoms. The first-order chi connectivity index (χ1) is 9.93. The summed E-state index contributed by atoms with van der Waals surface area (Å²) in [5.74, 6) is -3.47. The summed E-state index contributed by atoms with van der Waals surface area (Å²) in [5.41, 5.74) is 7.76. The van der Waals surface area contributed by atoms with Gasteiger partial charge in [0.2, 0.25) is 0 Å². The van der Waals surface area contributed by atoms with Crippen molar-refractivity contribution in [1.82, 2.24) is 0 Å². The minimum atomic E-state index is -1.50. The Bertz CT molecular complexity index is 635. The van der Waals surface area contributed by atoms with Crippen LogP contribution in [0.15, 0.2) is 30.3 Å². The van der Waals surface area contributed by atoms with Crippen LogP contribution in [-0.4, -0.2) is 6.61 Å². The molecular formula is C16H16F3NO. The lowest BCUT2D eigenvalue weighted by molar-refractivity contribution is 0.335. The van der Waals surface area contributed by atoms with Crippen LogP contribution in [0.1, 0.15) is 29.7 Å². The van der Waals surface area contributed by atoms with E-state index >= 15 is 0 Å². The van der Waals surface area contributed by atoms with Crippen molar-refractivity contribution in [1.29, 1.82) is 0 Å². The number of hydrogen-bond acceptors (Lipinski definition) is 2.